The van der Waals surface area contributed by atoms with Gasteiger partial charge in [0, 0.05) is 20.1 Å². The van der Waals surface area contributed by atoms with E-state index in [9.17, 15) is 8.42 Å². The fourth-order valence-electron chi connectivity index (χ4n) is 1.53. The number of aromatic nitrogens is 2. The van der Waals surface area contributed by atoms with Gasteiger partial charge >= 0.3 is 0 Å². The Morgan fingerprint density at radius 1 is 1.29 bits per heavy atom. The summed E-state index contributed by atoms with van der Waals surface area (Å²) in [4.78, 5) is 0.283. The molecule has 1 aromatic heterocycles. The first kappa shape index (κ1) is 16.4. The summed E-state index contributed by atoms with van der Waals surface area (Å²) >= 11 is 0. The molecular weight excluding hydrogens is 264 g/mol. The molecule has 0 unspecified atom stereocenters. The minimum Gasteiger partial charge on any atom is -0.318 e. The van der Waals surface area contributed by atoms with Crippen molar-refractivity contribution in [3.05, 3.63) is 11.4 Å². The highest BCUT2D eigenvalue weighted by molar-refractivity contribution is 7.89. The molecule has 0 aliphatic carbocycles. The number of hydrogen-bond acceptors (Lipinski definition) is 4. The molecular formula is C9H19ClN4O2S. The Hall–Kier alpha value is -0.630. The number of rotatable bonds is 5. The monoisotopic (exact) mass is 282 g/mol. The van der Waals surface area contributed by atoms with E-state index in [0.717, 1.165) is 0 Å². The van der Waals surface area contributed by atoms with Crippen molar-refractivity contribution in [2.75, 3.05) is 20.1 Å². The number of nitrogens with one attached hydrogen (secondary N) is 2. The number of hydrogen-bond donors (Lipinski definition) is 2. The minimum absolute atomic E-state index is 0. The summed E-state index contributed by atoms with van der Waals surface area (Å²) in [5.74, 6) is 0. The molecule has 0 aliphatic heterocycles. The predicted molar refractivity (Wildman–Crippen MR) is 69.0 cm³/mol. The summed E-state index contributed by atoms with van der Waals surface area (Å²) in [6.07, 6.45) is 0. The first-order valence-corrected chi connectivity index (χ1v) is 6.53. The average molecular weight is 283 g/mol. The first-order chi connectivity index (χ1) is 7.40. The molecule has 0 aromatic carbocycles. The zero-order chi connectivity index (χ0) is 12.3. The van der Waals surface area contributed by atoms with Gasteiger partial charge in [-0.15, -0.1) is 12.4 Å². The van der Waals surface area contributed by atoms with Gasteiger partial charge in [-0.05, 0) is 20.9 Å². The summed E-state index contributed by atoms with van der Waals surface area (Å²) in [5, 5.41) is 6.97. The van der Waals surface area contributed by atoms with E-state index in [2.05, 4.69) is 15.1 Å². The third-order valence-electron chi connectivity index (χ3n) is 2.38. The second-order valence-electron chi connectivity index (χ2n) is 3.62. The second kappa shape index (κ2) is 6.34. The maximum atomic E-state index is 12.0. The number of likely N-dealkylation sites (N-methyl/N-ethyl adjacent to an activating group) is 1. The number of nitrogens with zero attached hydrogens (tertiary/aromatic N) is 2. The van der Waals surface area contributed by atoms with Crippen molar-refractivity contribution >= 4 is 22.4 Å². The van der Waals surface area contributed by atoms with Crippen molar-refractivity contribution < 1.29 is 8.42 Å². The fraction of sp³-hybridized carbons (Fsp3) is 0.667. The molecule has 17 heavy (non-hydrogen) atoms. The molecule has 0 radical (unpaired) electrons. The third-order valence-corrected chi connectivity index (χ3v) is 4.09. The highest BCUT2D eigenvalue weighted by Gasteiger charge is 2.22. The van der Waals surface area contributed by atoms with Gasteiger partial charge in [-0.1, -0.05) is 0 Å². The van der Waals surface area contributed by atoms with Gasteiger partial charge in [0.25, 0.3) is 0 Å². The molecule has 1 aromatic rings. The summed E-state index contributed by atoms with van der Waals surface area (Å²) < 4.78 is 28.0. The van der Waals surface area contributed by atoms with E-state index in [1.54, 1.807) is 32.6 Å². The third kappa shape index (κ3) is 3.67. The normalized spacial score (nSPS) is 11.3. The zero-order valence-electron chi connectivity index (χ0n) is 10.4. The topological polar surface area (TPSA) is 76.0 Å². The molecule has 1 rings (SSSR count). The predicted octanol–water partition coefficient (Wildman–Crippen LogP) is -0.0436. The van der Waals surface area contributed by atoms with E-state index in [1.165, 1.54) is 0 Å². The zero-order valence-corrected chi connectivity index (χ0v) is 12.1. The highest BCUT2D eigenvalue weighted by atomic mass is 35.5. The summed E-state index contributed by atoms with van der Waals surface area (Å²) in [6.45, 7) is 4.40. The molecule has 0 saturated carbocycles. The van der Waals surface area contributed by atoms with E-state index in [0.29, 0.717) is 24.5 Å². The summed E-state index contributed by atoms with van der Waals surface area (Å²) in [7, 11) is 0.0574. The molecule has 0 bridgehead atoms. The molecule has 0 fully saturated rings. The van der Waals surface area contributed by atoms with Crippen molar-refractivity contribution in [2.24, 2.45) is 7.05 Å². The molecule has 8 heteroatoms. The Morgan fingerprint density at radius 3 is 2.29 bits per heavy atom. The molecule has 0 spiro atoms. The Morgan fingerprint density at radius 2 is 1.88 bits per heavy atom. The van der Waals surface area contributed by atoms with Crippen LogP contribution in [0.5, 0.6) is 0 Å². The van der Waals surface area contributed by atoms with E-state index in [1.807, 2.05) is 0 Å². The van der Waals surface area contributed by atoms with E-state index in [4.69, 9.17) is 0 Å². The number of sulfonamides is 1. The summed E-state index contributed by atoms with van der Waals surface area (Å²) in [6, 6.07) is 0. The minimum atomic E-state index is -3.45. The van der Waals surface area contributed by atoms with Gasteiger partial charge in [0.15, 0.2) is 0 Å². The van der Waals surface area contributed by atoms with Crippen LogP contribution in [0.4, 0.5) is 0 Å². The van der Waals surface area contributed by atoms with Crippen LogP contribution >= 0.6 is 12.4 Å². The first-order valence-electron chi connectivity index (χ1n) is 5.04. The van der Waals surface area contributed by atoms with Crippen LogP contribution in [0.25, 0.3) is 0 Å². The molecule has 0 atom stereocenters. The highest BCUT2D eigenvalue weighted by Crippen LogP contribution is 2.17. The van der Waals surface area contributed by atoms with Gasteiger partial charge in [-0.3, -0.25) is 4.68 Å². The summed E-state index contributed by atoms with van der Waals surface area (Å²) in [5.41, 5.74) is 1.17. The van der Waals surface area contributed by atoms with Crippen molar-refractivity contribution in [1.29, 1.82) is 0 Å². The van der Waals surface area contributed by atoms with Gasteiger partial charge in [0.05, 0.1) is 11.4 Å². The standard InChI is InChI=1S/C9H18N4O2S.ClH/c1-7-9(8(2)13(4)12-7)16(14,15)11-6-5-10-3;/h10-11H,5-6H2,1-4H3;1H. The lowest BCUT2D eigenvalue weighted by Crippen LogP contribution is -2.31. The van der Waals surface area contributed by atoms with E-state index in [-0.39, 0.29) is 17.3 Å². The number of aryl methyl sites for hydroxylation is 2. The molecule has 0 saturated heterocycles. The lowest BCUT2D eigenvalue weighted by molar-refractivity contribution is 0.578. The van der Waals surface area contributed by atoms with Crippen LogP contribution in [0.1, 0.15) is 11.4 Å². The molecule has 6 nitrogen and oxygen atoms in total. The van der Waals surface area contributed by atoms with Gasteiger partial charge in [-0.2, -0.15) is 5.10 Å². The molecule has 1 heterocycles. The lowest BCUT2D eigenvalue weighted by atomic mass is 10.4. The molecule has 2 N–H and O–H groups in total. The average Bonchev–Trinajstić information content (AvgIpc) is 2.41. The Bertz CT molecular complexity index is 470. The quantitative estimate of drug-likeness (QED) is 0.743. The Balaban J connectivity index is 0.00000256. The van der Waals surface area contributed by atoms with Gasteiger partial charge in [-0.25, -0.2) is 13.1 Å². The van der Waals surface area contributed by atoms with Crippen molar-refractivity contribution in [3.63, 3.8) is 0 Å². The number of halogens is 1. The molecule has 0 aliphatic rings. The van der Waals surface area contributed by atoms with Crippen LogP contribution in [0.2, 0.25) is 0 Å². The van der Waals surface area contributed by atoms with E-state index >= 15 is 0 Å². The van der Waals surface area contributed by atoms with Crippen LogP contribution < -0.4 is 10.0 Å². The van der Waals surface area contributed by atoms with Crippen molar-refractivity contribution in [3.8, 4) is 0 Å². The van der Waals surface area contributed by atoms with Gasteiger partial charge in [0.2, 0.25) is 10.0 Å². The smallest absolute Gasteiger partial charge is 0.244 e. The van der Waals surface area contributed by atoms with Crippen LogP contribution in [-0.2, 0) is 17.1 Å². The van der Waals surface area contributed by atoms with Crippen molar-refractivity contribution in [1.82, 2.24) is 19.8 Å². The second-order valence-corrected chi connectivity index (χ2v) is 5.33. The van der Waals surface area contributed by atoms with Gasteiger partial charge in [0.1, 0.15) is 4.90 Å². The van der Waals surface area contributed by atoms with Gasteiger partial charge < -0.3 is 5.32 Å². The lowest BCUT2D eigenvalue weighted by Gasteiger charge is -2.06. The fourth-order valence-corrected chi connectivity index (χ4v) is 2.99. The largest absolute Gasteiger partial charge is 0.318 e. The maximum absolute atomic E-state index is 12.0. The Kier molecular flexibility index (Phi) is 6.11. The molecule has 0 amide bonds. The molecule has 100 valence electrons. The SMILES string of the molecule is CNCCNS(=O)(=O)c1c(C)nn(C)c1C.Cl. The Labute approximate surface area is 108 Å². The van der Waals surface area contributed by atoms with E-state index < -0.39 is 10.0 Å². The maximum Gasteiger partial charge on any atom is 0.244 e. The van der Waals surface area contributed by atoms with Crippen LogP contribution in [0, 0.1) is 13.8 Å². The van der Waals surface area contributed by atoms with Crippen LogP contribution in [-0.4, -0.2) is 38.3 Å². The van der Waals surface area contributed by atoms with Crippen LogP contribution in [0.3, 0.4) is 0 Å². The van der Waals surface area contributed by atoms with Crippen molar-refractivity contribution in [2.45, 2.75) is 18.7 Å². The van der Waals surface area contributed by atoms with Crippen LogP contribution in [0.15, 0.2) is 4.90 Å².